The molecule has 0 radical (unpaired) electrons. The molecule has 2 unspecified atom stereocenters. The molecular formula is C9H18N2O. The standard InChI is InChI=1S/C9H18N2O/c1-6-4-3-5-8(6)11-7(2)9(10)12/h6-8,11H,3-5H2,1-2H3,(H2,10,12)/t6?,7-,8?/m0/s1. The molecule has 0 aliphatic heterocycles. The molecule has 0 aromatic rings. The van der Waals surface area contributed by atoms with Crippen molar-refractivity contribution in [3.63, 3.8) is 0 Å². The molecule has 3 atom stereocenters. The fourth-order valence-electron chi connectivity index (χ4n) is 1.80. The van der Waals surface area contributed by atoms with Crippen molar-refractivity contribution in [3.05, 3.63) is 0 Å². The Labute approximate surface area is 73.7 Å². The highest BCUT2D eigenvalue weighted by Gasteiger charge is 2.25. The third kappa shape index (κ3) is 2.21. The molecule has 70 valence electrons. The summed E-state index contributed by atoms with van der Waals surface area (Å²) in [4.78, 5) is 10.8. The SMILES string of the molecule is CC1CCCC1N[C@@H](C)C(N)=O. The second-order valence-electron chi connectivity index (χ2n) is 3.81. The number of nitrogens with one attached hydrogen (secondary N) is 1. The van der Waals surface area contributed by atoms with Crippen molar-refractivity contribution in [2.24, 2.45) is 11.7 Å². The Morgan fingerprint density at radius 3 is 2.67 bits per heavy atom. The molecule has 0 aromatic heterocycles. The lowest BCUT2D eigenvalue weighted by molar-refractivity contribution is -0.119. The van der Waals surface area contributed by atoms with Crippen LogP contribution in [0.5, 0.6) is 0 Å². The Hall–Kier alpha value is -0.570. The predicted octanol–water partition coefficient (Wildman–Crippen LogP) is 0.638. The maximum Gasteiger partial charge on any atom is 0.234 e. The number of carbonyl (C=O) groups is 1. The summed E-state index contributed by atoms with van der Waals surface area (Å²) >= 11 is 0. The van der Waals surface area contributed by atoms with Gasteiger partial charge in [-0.1, -0.05) is 13.3 Å². The van der Waals surface area contributed by atoms with Crippen LogP contribution in [0.4, 0.5) is 0 Å². The molecule has 1 aliphatic rings. The molecule has 0 bridgehead atoms. The highest BCUT2D eigenvalue weighted by molar-refractivity contribution is 5.79. The summed E-state index contributed by atoms with van der Waals surface area (Å²) in [6.07, 6.45) is 3.71. The van der Waals surface area contributed by atoms with Gasteiger partial charge in [0, 0.05) is 6.04 Å². The molecule has 1 fully saturated rings. The highest BCUT2D eigenvalue weighted by atomic mass is 16.1. The summed E-state index contributed by atoms with van der Waals surface area (Å²) < 4.78 is 0. The van der Waals surface area contributed by atoms with E-state index in [4.69, 9.17) is 5.73 Å². The minimum Gasteiger partial charge on any atom is -0.368 e. The third-order valence-electron chi connectivity index (χ3n) is 2.75. The summed E-state index contributed by atoms with van der Waals surface area (Å²) in [7, 11) is 0. The Morgan fingerprint density at radius 2 is 2.25 bits per heavy atom. The molecule has 12 heavy (non-hydrogen) atoms. The topological polar surface area (TPSA) is 55.1 Å². The summed E-state index contributed by atoms with van der Waals surface area (Å²) in [6.45, 7) is 4.05. The summed E-state index contributed by atoms with van der Waals surface area (Å²) in [5.41, 5.74) is 5.16. The zero-order chi connectivity index (χ0) is 9.14. The van der Waals surface area contributed by atoms with E-state index >= 15 is 0 Å². The summed E-state index contributed by atoms with van der Waals surface area (Å²) in [5, 5.41) is 3.25. The second-order valence-corrected chi connectivity index (χ2v) is 3.81. The fourth-order valence-corrected chi connectivity index (χ4v) is 1.80. The Kier molecular flexibility index (Phi) is 3.09. The third-order valence-corrected chi connectivity index (χ3v) is 2.75. The summed E-state index contributed by atoms with van der Waals surface area (Å²) in [6, 6.07) is 0.308. The van der Waals surface area contributed by atoms with Crippen molar-refractivity contribution in [1.82, 2.24) is 5.32 Å². The molecule has 0 spiro atoms. The van der Waals surface area contributed by atoms with Crippen LogP contribution in [0.1, 0.15) is 33.1 Å². The molecular weight excluding hydrogens is 152 g/mol. The average Bonchev–Trinajstić information content (AvgIpc) is 2.36. The van der Waals surface area contributed by atoms with Gasteiger partial charge in [0.1, 0.15) is 0 Å². The molecule has 1 amide bonds. The van der Waals surface area contributed by atoms with Gasteiger partial charge in [-0.3, -0.25) is 4.79 Å². The van der Waals surface area contributed by atoms with E-state index in [9.17, 15) is 4.79 Å². The van der Waals surface area contributed by atoms with Crippen molar-refractivity contribution < 1.29 is 4.79 Å². The first kappa shape index (κ1) is 9.52. The van der Waals surface area contributed by atoms with E-state index in [2.05, 4.69) is 12.2 Å². The van der Waals surface area contributed by atoms with Gasteiger partial charge in [-0.2, -0.15) is 0 Å². The van der Waals surface area contributed by atoms with Gasteiger partial charge in [0.05, 0.1) is 6.04 Å². The molecule has 0 heterocycles. The van der Waals surface area contributed by atoms with Gasteiger partial charge >= 0.3 is 0 Å². The number of hydrogen-bond donors (Lipinski definition) is 2. The maximum absolute atomic E-state index is 10.8. The van der Waals surface area contributed by atoms with E-state index in [1.165, 1.54) is 19.3 Å². The van der Waals surface area contributed by atoms with Crippen LogP contribution in [0.15, 0.2) is 0 Å². The highest BCUT2D eigenvalue weighted by Crippen LogP contribution is 2.24. The minimum absolute atomic E-state index is 0.185. The van der Waals surface area contributed by atoms with Crippen molar-refractivity contribution in [2.75, 3.05) is 0 Å². The van der Waals surface area contributed by atoms with Crippen molar-refractivity contribution in [2.45, 2.75) is 45.2 Å². The average molecular weight is 170 g/mol. The van der Waals surface area contributed by atoms with Crippen molar-refractivity contribution in [1.29, 1.82) is 0 Å². The number of hydrogen-bond acceptors (Lipinski definition) is 2. The summed E-state index contributed by atoms with van der Waals surface area (Å²) in [5.74, 6) is 0.431. The lowest BCUT2D eigenvalue weighted by Gasteiger charge is -2.20. The van der Waals surface area contributed by atoms with E-state index in [-0.39, 0.29) is 11.9 Å². The van der Waals surface area contributed by atoms with Crippen LogP contribution in [0, 0.1) is 5.92 Å². The van der Waals surface area contributed by atoms with E-state index < -0.39 is 0 Å². The molecule has 1 aliphatic carbocycles. The zero-order valence-electron chi connectivity index (χ0n) is 7.84. The fraction of sp³-hybridized carbons (Fsp3) is 0.889. The normalized spacial score (nSPS) is 31.8. The van der Waals surface area contributed by atoms with E-state index in [0.717, 1.165) is 0 Å². The van der Waals surface area contributed by atoms with Crippen molar-refractivity contribution in [3.8, 4) is 0 Å². The van der Waals surface area contributed by atoms with Gasteiger partial charge < -0.3 is 11.1 Å². The number of primary amides is 1. The van der Waals surface area contributed by atoms with E-state index in [1.54, 1.807) is 0 Å². The van der Waals surface area contributed by atoms with Gasteiger partial charge in [-0.15, -0.1) is 0 Å². The van der Waals surface area contributed by atoms with Crippen molar-refractivity contribution >= 4 is 5.91 Å². The van der Waals surface area contributed by atoms with Crippen LogP contribution in [0.2, 0.25) is 0 Å². The first-order valence-electron chi connectivity index (χ1n) is 4.66. The van der Waals surface area contributed by atoms with Crippen LogP contribution in [-0.4, -0.2) is 18.0 Å². The number of nitrogens with two attached hydrogens (primary N) is 1. The van der Waals surface area contributed by atoms with Crippen LogP contribution >= 0.6 is 0 Å². The molecule has 3 nitrogen and oxygen atoms in total. The Morgan fingerprint density at radius 1 is 1.58 bits per heavy atom. The van der Waals surface area contributed by atoms with Gasteiger partial charge in [0.25, 0.3) is 0 Å². The largest absolute Gasteiger partial charge is 0.368 e. The molecule has 1 rings (SSSR count). The molecule has 0 saturated heterocycles. The van der Waals surface area contributed by atoms with Crippen LogP contribution < -0.4 is 11.1 Å². The number of carbonyl (C=O) groups excluding carboxylic acids is 1. The van der Waals surface area contributed by atoms with Gasteiger partial charge in [0.2, 0.25) is 5.91 Å². The first-order valence-corrected chi connectivity index (χ1v) is 4.66. The van der Waals surface area contributed by atoms with Crippen LogP contribution in [-0.2, 0) is 4.79 Å². The number of rotatable bonds is 3. The zero-order valence-corrected chi connectivity index (χ0v) is 7.84. The van der Waals surface area contributed by atoms with Gasteiger partial charge in [0.15, 0.2) is 0 Å². The minimum atomic E-state index is -0.255. The monoisotopic (exact) mass is 170 g/mol. The molecule has 3 heteroatoms. The molecule has 1 saturated carbocycles. The number of amides is 1. The van der Waals surface area contributed by atoms with Crippen LogP contribution in [0.25, 0.3) is 0 Å². The van der Waals surface area contributed by atoms with E-state index in [1.807, 2.05) is 6.92 Å². The second kappa shape index (κ2) is 3.90. The first-order chi connectivity index (χ1) is 5.61. The lowest BCUT2D eigenvalue weighted by Crippen LogP contribution is -2.45. The quantitative estimate of drug-likeness (QED) is 0.653. The smallest absolute Gasteiger partial charge is 0.234 e. The van der Waals surface area contributed by atoms with Gasteiger partial charge in [-0.05, 0) is 25.7 Å². The van der Waals surface area contributed by atoms with Gasteiger partial charge in [-0.25, -0.2) is 0 Å². The Balaban J connectivity index is 2.35. The predicted molar refractivity (Wildman–Crippen MR) is 48.6 cm³/mol. The Bertz CT molecular complexity index is 170. The lowest BCUT2D eigenvalue weighted by atomic mass is 10.1. The molecule has 0 aromatic carbocycles. The maximum atomic E-state index is 10.8. The van der Waals surface area contributed by atoms with E-state index in [0.29, 0.717) is 12.0 Å². The van der Waals surface area contributed by atoms with Crippen LogP contribution in [0.3, 0.4) is 0 Å². The molecule has 3 N–H and O–H groups in total.